The number of nitrogens with zero attached hydrogens (tertiary/aromatic N) is 1. The fourth-order valence-electron chi connectivity index (χ4n) is 1.73. The van der Waals surface area contributed by atoms with Crippen LogP contribution in [0.4, 0.5) is 5.69 Å². The van der Waals surface area contributed by atoms with Gasteiger partial charge in [-0.25, -0.2) is 0 Å². The van der Waals surface area contributed by atoms with Crippen LogP contribution >= 0.6 is 0 Å². The van der Waals surface area contributed by atoms with Gasteiger partial charge in [-0.15, -0.1) is 0 Å². The van der Waals surface area contributed by atoms with E-state index in [0.29, 0.717) is 17.7 Å². The zero-order valence-electron chi connectivity index (χ0n) is 10.7. The quantitative estimate of drug-likeness (QED) is 0.821. The Bertz CT molecular complexity index is 488. The molecule has 1 aromatic rings. The third kappa shape index (κ3) is 4.80. The maximum absolute atomic E-state index is 11.7. The highest BCUT2D eigenvalue weighted by Gasteiger charge is 2.20. The van der Waals surface area contributed by atoms with Gasteiger partial charge in [0.1, 0.15) is 0 Å². The Morgan fingerprint density at radius 1 is 1.37 bits per heavy atom. The second kappa shape index (κ2) is 7.17. The highest BCUT2D eigenvalue weighted by Crippen LogP contribution is 2.14. The number of nitriles is 1. The maximum Gasteiger partial charge on any atom is 0.307 e. The van der Waals surface area contributed by atoms with Crippen molar-refractivity contribution < 1.29 is 14.7 Å². The van der Waals surface area contributed by atoms with Gasteiger partial charge in [0.2, 0.25) is 5.91 Å². The van der Waals surface area contributed by atoms with Crippen molar-refractivity contribution in [3.8, 4) is 6.07 Å². The van der Waals surface area contributed by atoms with E-state index in [9.17, 15) is 9.59 Å². The van der Waals surface area contributed by atoms with Crippen molar-refractivity contribution in [1.82, 2.24) is 0 Å². The topological polar surface area (TPSA) is 90.2 Å². The number of hydrogen-bond donors (Lipinski definition) is 2. The lowest BCUT2D eigenvalue weighted by molar-refractivity contribution is -0.143. The first-order chi connectivity index (χ1) is 9.06. The number of rotatable bonds is 6. The van der Waals surface area contributed by atoms with Gasteiger partial charge in [0.15, 0.2) is 0 Å². The Kier molecular flexibility index (Phi) is 5.55. The summed E-state index contributed by atoms with van der Waals surface area (Å²) in [5, 5.41) is 20.2. The average molecular weight is 260 g/mol. The summed E-state index contributed by atoms with van der Waals surface area (Å²) in [4.78, 5) is 22.7. The molecule has 0 aliphatic rings. The number of nitrogens with one attached hydrogen (secondary N) is 1. The van der Waals surface area contributed by atoms with Crippen molar-refractivity contribution >= 4 is 17.6 Å². The van der Waals surface area contributed by atoms with Crippen molar-refractivity contribution in [3.05, 3.63) is 29.8 Å². The van der Waals surface area contributed by atoms with E-state index in [1.807, 2.05) is 13.0 Å². The summed E-state index contributed by atoms with van der Waals surface area (Å²) >= 11 is 0. The summed E-state index contributed by atoms with van der Waals surface area (Å²) in [6.07, 6.45) is 1.17. The maximum atomic E-state index is 11.7. The second-order valence-electron chi connectivity index (χ2n) is 4.27. The third-order valence-electron chi connectivity index (χ3n) is 2.72. The van der Waals surface area contributed by atoms with Crippen LogP contribution in [0, 0.1) is 17.2 Å². The zero-order valence-corrected chi connectivity index (χ0v) is 10.7. The molecule has 1 atom stereocenters. The zero-order chi connectivity index (χ0) is 14.3. The van der Waals surface area contributed by atoms with Gasteiger partial charge in [0.25, 0.3) is 0 Å². The predicted octanol–water partition coefficient (Wildman–Crippen LogP) is 2.39. The van der Waals surface area contributed by atoms with Gasteiger partial charge in [-0.3, -0.25) is 9.59 Å². The summed E-state index contributed by atoms with van der Waals surface area (Å²) in [5.41, 5.74) is 1.07. The van der Waals surface area contributed by atoms with Gasteiger partial charge in [-0.2, -0.15) is 5.26 Å². The van der Waals surface area contributed by atoms with E-state index in [4.69, 9.17) is 10.4 Å². The monoisotopic (exact) mass is 260 g/mol. The summed E-state index contributed by atoms with van der Waals surface area (Å²) in [6.45, 7) is 1.88. The minimum absolute atomic E-state index is 0.0385. The van der Waals surface area contributed by atoms with Crippen LogP contribution in [0.5, 0.6) is 0 Å². The van der Waals surface area contributed by atoms with Crippen molar-refractivity contribution in [2.45, 2.75) is 26.2 Å². The molecule has 19 heavy (non-hydrogen) atoms. The molecule has 2 N–H and O–H groups in total. The third-order valence-corrected chi connectivity index (χ3v) is 2.72. The van der Waals surface area contributed by atoms with Crippen LogP contribution in [0.1, 0.15) is 31.7 Å². The van der Waals surface area contributed by atoms with Crippen LogP contribution < -0.4 is 5.32 Å². The van der Waals surface area contributed by atoms with Gasteiger partial charge in [-0.1, -0.05) is 13.3 Å². The van der Waals surface area contributed by atoms with Crippen LogP contribution in [-0.4, -0.2) is 17.0 Å². The van der Waals surface area contributed by atoms with E-state index in [-0.39, 0.29) is 12.3 Å². The number of carboxylic acid groups (broad SMARTS) is 1. The van der Waals surface area contributed by atoms with Crippen molar-refractivity contribution in [2.24, 2.45) is 5.92 Å². The number of carboxylic acids is 1. The molecular weight excluding hydrogens is 244 g/mol. The molecule has 100 valence electrons. The number of anilines is 1. The molecule has 0 saturated carbocycles. The first kappa shape index (κ1) is 14.7. The van der Waals surface area contributed by atoms with Crippen molar-refractivity contribution in [2.75, 3.05) is 5.32 Å². The highest BCUT2D eigenvalue weighted by atomic mass is 16.4. The Balaban J connectivity index is 2.58. The summed E-state index contributed by atoms with van der Waals surface area (Å²) in [6, 6.07) is 8.40. The van der Waals surface area contributed by atoms with E-state index in [2.05, 4.69) is 5.32 Å². The molecule has 1 aromatic carbocycles. The fraction of sp³-hybridized carbons (Fsp3) is 0.357. The molecule has 5 nitrogen and oxygen atoms in total. The molecule has 0 spiro atoms. The van der Waals surface area contributed by atoms with E-state index in [0.717, 1.165) is 6.42 Å². The summed E-state index contributed by atoms with van der Waals surface area (Å²) in [5.74, 6) is -1.93. The smallest absolute Gasteiger partial charge is 0.307 e. The second-order valence-corrected chi connectivity index (χ2v) is 4.27. The number of hydrogen-bond acceptors (Lipinski definition) is 3. The predicted molar refractivity (Wildman–Crippen MR) is 70.4 cm³/mol. The molecule has 5 heteroatoms. The fourth-order valence-corrected chi connectivity index (χ4v) is 1.73. The van der Waals surface area contributed by atoms with Crippen molar-refractivity contribution in [3.63, 3.8) is 0 Å². The Labute approximate surface area is 111 Å². The van der Waals surface area contributed by atoms with E-state index >= 15 is 0 Å². The molecule has 0 bridgehead atoms. The first-order valence-electron chi connectivity index (χ1n) is 6.09. The van der Waals surface area contributed by atoms with E-state index in [1.54, 1.807) is 24.3 Å². The first-order valence-corrected chi connectivity index (χ1v) is 6.09. The van der Waals surface area contributed by atoms with Crippen LogP contribution in [-0.2, 0) is 9.59 Å². The van der Waals surface area contributed by atoms with Crippen LogP contribution in [0.15, 0.2) is 24.3 Å². The lowest BCUT2D eigenvalue weighted by Gasteiger charge is -2.11. The van der Waals surface area contributed by atoms with Crippen LogP contribution in [0.3, 0.4) is 0 Å². The minimum atomic E-state index is -0.947. The van der Waals surface area contributed by atoms with E-state index in [1.165, 1.54) is 0 Å². The van der Waals surface area contributed by atoms with E-state index < -0.39 is 11.9 Å². The average Bonchev–Trinajstić information content (AvgIpc) is 2.39. The Morgan fingerprint density at radius 2 is 2.00 bits per heavy atom. The molecule has 1 rings (SSSR count). The molecule has 0 heterocycles. The van der Waals surface area contributed by atoms with Crippen LogP contribution in [0.25, 0.3) is 0 Å². The summed E-state index contributed by atoms with van der Waals surface area (Å²) in [7, 11) is 0. The molecule has 0 aliphatic carbocycles. The standard InChI is InChI=1S/C14H16N2O3/c1-2-3-11(14(18)19)8-13(17)16-12-6-4-10(9-15)5-7-12/h4-7,11H,2-3,8H2,1H3,(H,16,17)(H,18,19). The Hall–Kier alpha value is -2.35. The minimum Gasteiger partial charge on any atom is -0.481 e. The SMILES string of the molecule is CCCC(CC(=O)Nc1ccc(C#N)cc1)C(=O)O. The largest absolute Gasteiger partial charge is 0.481 e. The molecule has 0 radical (unpaired) electrons. The van der Waals surface area contributed by atoms with Crippen LogP contribution in [0.2, 0.25) is 0 Å². The molecule has 0 saturated heterocycles. The van der Waals surface area contributed by atoms with Crippen molar-refractivity contribution in [1.29, 1.82) is 5.26 Å². The molecule has 0 aliphatic heterocycles. The lowest BCUT2D eigenvalue weighted by Crippen LogP contribution is -2.22. The van der Waals surface area contributed by atoms with Gasteiger partial charge >= 0.3 is 5.97 Å². The van der Waals surface area contributed by atoms with Gasteiger partial charge in [0.05, 0.1) is 17.6 Å². The summed E-state index contributed by atoms with van der Waals surface area (Å²) < 4.78 is 0. The molecule has 0 aromatic heterocycles. The number of aliphatic carboxylic acids is 1. The number of benzene rings is 1. The highest BCUT2D eigenvalue weighted by molar-refractivity contribution is 5.93. The molecular formula is C14H16N2O3. The number of carbonyl (C=O) groups is 2. The Morgan fingerprint density at radius 3 is 2.47 bits per heavy atom. The van der Waals surface area contributed by atoms with Gasteiger partial charge < -0.3 is 10.4 Å². The number of carbonyl (C=O) groups excluding carboxylic acids is 1. The number of amides is 1. The van der Waals surface area contributed by atoms with Gasteiger partial charge in [-0.05, 0) is 30.7 Å². The lowest BCUT2D eigenvalue weighted by atomic mass is 9.99. The van der Waals surface area contributed by atoms with Gasteiger partial charge in [0, 0.05) is 12.1 Å². The normalized spacial score (nSPS) is 11.4. The molecule has 1 unspecified atom stereocenters. The molecule has 0 fully saturated rings. The molecule has 1 amide bonds.